The Morgan fingerprint density at radius 1 is 1.38 bits per heavy atom. The molecule has 2 heterocycles. The van der Waals surface area contributed by atoms with Crippen LogP contribution >= 0.6 is 35.1 Å². The number of hydrogen-bond donors (Lipinski definition) is 1. The van der Waals surface area contributed by atoms with Gasteiger partial charge in [0.05, 0.1) is 16.9 Å². The summed E-state index contributed by atoms with van der Waals surface area (Å²) in [5.41, 5.74) is 1.85. The first kappa shape index (κ1) is 17.0. The summed E-state index contributed by atoms with van der Waals surface area (Å²) in [6, 6.07) is 5.06. The van der Waals surface area contributed by atoms with E-state index in [0.29, 0.717) is 27.0 Å². The fourth-order valence-electron chi connectivity index (χ4n) is 2.05. The molecule has 1 aliphatic heterocycles. The van der Waals surface area contributed by atoms with Gasteiger partial charge >= 0.3 is 0 Å². The predicted octanol–water partition coefficient (Wildman–Crippen LogP) is 1.66. The van der Waals surface area contributed by atoms with Gasteiger partial charge in [0.1, 0.15) is 4.90 Å². The van der Waals surface area contributed by atoms with E-state index < -0.39 is 0 Å². The van der Waals surface area contributed by atoms with Gasteiger partial charge in [-0.3, -0.25) is 9.80 Å². The highest BCUT2D eigenvalue weighted by molar-refractivity contribution is 8.38. The quantitative estimate of drug-likeness (QED) is 0.869. The molecule has 0 unspecified atom stereocenters. The van der Waals surface area contributed by atoms with E-state index in [4.69, 9.17) is 11.6 Å². The van der Waals surface area contributed by atoms with Crippen molar-refractivity contribution in [3.63, 3.8) is 0 Å². The Morgan fingerprint density at radius 3 is 2.88 bits per heavy atom. The van der Waals surface area contributed by atoms with Crippen LogP contribution in [-0.4, -0.2) is 21.2 Å². The molecule has 0 fully saturated rings. The standard InChI is InChI=1S/C14H12ClN5O2S2/c1-19-11-6-16-20(2)13(21)12(11)24-14(17-19)23-7-8-3-4-9(18-22)5-10(8)15/h3-6H,7H2,1-2H3/p+1. The number of rotatable bonds is 3. The van der Waals surface area contributed by atoms with Crippen LogP contribution in [0.1, 0.15) is 5.56 Å². The summed E-state index contributed by atoms with van der Waals surface area (Å²) in [6.07, 6.45) is 1.63. The van der Waals surface area contributed by atoms with Gasteiger partial charge in [0.15, 0.2) is 4.38 Å². The van der Waals surface area contributed by atoms with Crippen molar-refractivity contribution in [3.05, 3.63) is 50.2 Å². The second kappa shape index (κ2) is 6.96. The van der Waals surface area contributed by atoms with Crippen molar-refractivity contribution in [1.29, 1.82) is 0 Å². The van der Waals surface area contributed by atoms with Crippen molar-refractivity contribution in [1.82, 2.24) is 9.78 Å². The summed E-state index contributed by atoms with van der Waals surface area (Å²) in [6.45, 7) is 0. The molecular formula is C14H13ClN5O2S2+. The number of hydrogen-bond acceptors (Lipinski definition) is 7. The maximum atomic E-state index is 12.2. The molecule has 24 heavy (non-hydrogen) atoms. The average molecular weight is 383 g/mol. The lowest BCUT2D eigenvalue weighted by atomic mass is 10.2. The van der Waals surface area contributed by atoms with E-state index in [1.807, 2.05) is 5.18 Å². The molecule has 1 aromatic heterocycles. The van der Waals surface area contributed by atoms with Gasteiger partial charge in [-0.1, -0.05) is 35.1 Å². The number of benzene rings is 1. The zero-order chi connectivity index (χ0) is 17.3. The van der Waals surface area contributed by atoms with Gasteiger partial charge in [0, 0.05) is 42.1 Å². The van der Waals surface area contributed by atoms with Gasteiger partial charge in [-0.05, 0) is 11.6 Å². The molecule has 1 N–H and O–H groups in total. The minimum Gasteiger partial charge on any atom is -0.266 e. The average Bonchev–Trinajstić information content (AvgIpc) is 2.57. The Morgan fingerprint density at radius 2 is 2.17 bits per heavy atom. The summed E-state index contributed by atoms with van der Waals surface area (Å²) in [4.78, 5) is 23.5. The summed E-state index contributed by atoms with van der Waals surface area (Å²) < 4.78 is 2.05. The van der Waals surface area contributed by atoms with Crippen molar-refractivity contribution >= 4 is 50.9 Å². The molecule has 2 aromatic rings. The highest BCUT2D eigenvalue weighted by atomic mass is 35.5. The smallest absolute Gasteiger partial charge is 0.266 e. The molecule has 10 heteroatoms. The maximum Gasteiger partial charge on any atom is 0.282 e. The summed E-state index contributed by atoms with van der Waals surface area (Å²) in [5.74, 6) is 0.582. The molecule has 0 atom stereocenters. The number of nitrogens with one attached hydrogen (secondary N) is 1. The zero-order valence-electron chi connectivity index (χ0n) is 12.8. The number of nitrogens with zero attached hydrogens (tertiary/aromatic N) is 4. The Kier molecular flexibility index (Phi) is 4.93. The van der Waals surface area contributed by atoms with Gasteiger partial charge in [0.2, 0.25) is 0 Å². The summed E-state index contributed by atoms with van der Waals surface area (Å²) in [7, 11) is 3.40. The number of anilines is 1. The molecule has 0 aliphatic carbocycles. The number of aryl methyl sites for hydroxylation is 1. The van der Waals surface area contributed by atoms with E-state index in [9.17, 15) is 9.70 Å². The first-order chi connectivity index (χ1) is 11.5. The molecule has 1 aliphatic rings. The monoisotopic (exact) mass is 382 g/mol. The first-order valence-corrected chi connectivity index (χ1v) is 9.03. The highest BCUT2D eigenvalue weighted by Gasteiger charge is 2.22. The molecule has 0 amide bonds. The zero-order valence-corrected chi connectivity index (χ0v) is 15.2. The second-order valence-electron chi connectivity index (χ2n) is 4.98. The normalized spacial score (nSPS) is 13.5. The second-order valence-corrected chi connectivity index (χ2v) is 7.60. The van der Waals surface area contributed by atoms with Crippen LogP contribution in [0, 0.1) is 4.91 Å². The third-order valence-corrected chi connectivity index (χ3v) is 5.95. The Balaban J connectivity index is 1.78. The predicted molar refractivity (Wildman–Crippen MR) is 97.9 cm³/mol. The van der Waals surface area contributed by atoms with Gasteiger partial charge in [-0.2, -0.15) is 10.2 Å². The molecule has 7 nitrogen and oxygen atoms in total. The van der Waals surface area contributed by atoms with Crippen LogP contribution in [0.5, 0.6) is 0 Å². The molecule has 0 saturated heterocycles. The number of halogens is 1. The SMILES string of the molecule is CN1N=C(SCc2ccc([NH+]=O)cc2Cl)Sc2c1cnn(C)c2=O. The third-order valence-electron chi connectivity index (χ3n) is 3.37. The van der Waals surface area contributed by atoms with E-state index in [1.54, 1.807) is 43.5 Å². The Labute approximate surface area is 151 Å². The van der Waals surface area contributed by atoms with Crippen LogP contribution in [0.3, 0.4) is 0 Å². The lowest BCUT2D eigenvalue weighted by Crippen LogP contribution is -2.55. The minimum atomic E-state index is -0.152. The molecule has 0 spiro atoms. The van der Waals surface area contributed by atoms with E-state index >= 15 is 0 Å². The van der Waals surface area contributed by atoms with Crippen molar-refractivity contribution < 1.29 is 5.18 Å². The highest BCUT2D eigenvalue weighted by Crippen LogP contribution is 2.37. The Hall–Kier alpha value is -1.84. The van der Waals surface area contributed by atoms with Gasteiger partial charge in [-0.25, -0.2) is 4.68 Å². The van der Waals surface area contributed by atoms with E-state index in [-0.39, 0.29) is 5.56 Å². The van der Waals surface area contributed by atoms with Crippen molar-refractivity contribution in [2.45, 2.75) is 10.6 Å². The van der Waals surface area contributed by atoms with Crippen LogP contribution in [0.2, 0.25) is 5.02 Å². The van der Waals surface area contributed by atoms with Crippen molar-refractivity contribution in [2.75, 3.05) is 12.1 Å². The fraction of sp³-hybridized carbons (Fsp3) is 0.214. The Bertz CT molecular complexity index is 899. The van der Waals surface area contributed by atoms with Crippen molar-refractivity contribution in [2.24, 2.45) is 12.1 Å². The van der Waals surface area contributed by atoms with Gasteiger partial charge in [0.25, 0.3) is 11.2 Å². The largest absolute Gasteiger partial charge is 0.282 e. The summed E-state index contributed by atoms with van der Waals surface area (Å²) >= 11 is 8.98. The summed E-state index contributed by atoms with van der Waals surface area (Å²) in [5, 5.41) is 12.4. The molecule has 1 aromatic carbocycles. The van der Waals surface area contributed by atoms with Crippen LogP contribution in [0.15, 0.2) is 39.2 Å². The number of hydrazone groups is 1. The third kappa shape index (κ3) is 3.33. The minimum absolute atomic E-state index is 0.152. The maximum absolute atomic E-state index is 12.2. The molecule has 0 saturated carbocycles. The van der Waals surface area contributed by atoms with Crippen LogP contribution in [-0.2, 0) is 12.8 Å². The fourth-order valence-corrected chi connectivity index (χ4v) is 4.59. The molecule has 124 valence electrons. The first-order valence-electron chi connectivity index (χ1n) is 6.85. The number of thioether (sulfide) groups is 2. The van der Waals surface area contributed by atoms with Crippen LogP contribution in [0.25, 0.3) is 0 Å². The number of nitroso groups, excluding NO2 is 1. The van der Waals surface area contributed by atoms with Gasteiger partial charge < -0.3 is 0 Å². The van der Waals surface area contributed by atoms with Crippen molar-refractivity contribution in [3.8, 4) is 0 Å². The lowest BCUT2D eigenvalue weighted by molar-refractivity contribution is -0.379. The van der Waals surface area contributed by atoms with Crippen LogP contribution < -0.4 is 15.7 Å². The van der Waals surface area contributed by atoms with E-state index in [1.165, 1.54) is 28.2 Å². The molecular weight excluding hydrogens is 370 g/mol. The van der Waals surface area contributed by atoms with Gasteiger partial charge in [-0.15, -0.1) is 0 Å². The topological polar surface area (TPSA) is 81.5 Å². The van der Waals surface area contributed by atoms with E-state index in [0.717, 1.165) is 9.94 Å². The number of aromatic nitrogens is 2. The molecule has 0 radical (unpaired) electrons. The number of fused-ring (bicyclic) bond motifs is 1. The molecule has 3 rings (SSSR count). The van der Waals surface area contributed by atoms with E-state index in [2.05, 4.69) is 10.2 Å². The van der Waals surface area contributed by atoms with Crippen LogP contribution in [0.4, 0.5) is 11.4 Å². The lowest BCUT2D eigenvalue weighted by Gasteiger charge is -2.22. The molecule has 0 bridgehead atoms.